The second-order valence-electron chi connectivity index (χ2n) is 5.88. The van der Waals surface area contributed by atoms with E-state index in [4.69, 9.17) is 4.42 Å². The summed E-state index contributed by atoms with van der Waals surface area (Å²) in [5.74, 6) is 3.31. The van der Waals surface area contributed by atoms with Gasteiger partial charge >= 0.3 is 0 Å². The fraction of sp³-hybridized carbons (Fsp3) is 0.533. The van der Waals surface area contributed by atoms with Crippen molar-refractivity contribution in [2.24, 2.45) is 0 Å². The molecule has 3 rings (SSSR count). The van der Waals surface area contributed by atoms with E-state index in [0.717, 1.165) is 30.4 Å². The summed E-state index contributed by atoms with van der Waals surface area (Å²) in [5, 5.41) is 8.36. The van der Waals surface area contributed by atoms with Crippen LogP contribution >= 0.6 is 0 Å². The molecule has 0 fully saturated rings. The van der Waals surface area contributed by atoms with Crippen LogP contribution in [-0.2, 0) is 17.9 Å². The largest absolute Gasteiger partial charge is 0.465 e. The molecule has 0 saturated heterocycles. The summed E-state index contributed by atoms with van der Waals surface area (Å²) in [6.45, 7) is 5.96. The van der Waals surface area contributed by atoms with Crippen LogP contribution in [-0.4, -0.2) is 51.1 Å². The highest BCUT2D eigenvalue weighted by atomic mass is 16.3. The van der Waals surface area contributed by atoms with Crippen LogP contribution < -0.4 is 0 Å². The van der Waals surface area contributed by atoms with Gasteiger partial charge in [0.25, 0.3) is 0 Å². The molecule has 2 aromatic heterocycles. The van der Waals surface area contributed by atoms with E-state index in [0.29, 0.717) is 12.4 Å². The fourth-order valence-electron chi connectivity index (χ4n) is 2.85. The predicted octanol–water partition coefficient (Wildman–Crippen LogP) is 1.13. The number of aromatic nitrogens is 3. The molecule has 0 aromatic carbocycles. The molecule has 1 aliphatic rings. The normalized spacial score (nSPS) is 18.3. The van der Waals surface area contributed by atoms with Gasteiger partial charge < -0.3 is 13.9 Å². The number of carbonyl (C=O) groups is 1. The highest BCUT2D eigenvalue weighted by molar-refractivity contribution is 5.82. The van der Waals surface area contributed by atoms with Crippen molar-refractivity contribution in [1.29, 1.82) is 0 Å². The number of likely N-dealkylation sites (N-methyl/N-ethyl adjacent to an activating group) is 1. The summed E-state index contributed by atoms with van der Waals surface area (Å²) in [7, 11) is 3.53. The van der Waals surface area contributed by atoms with Gasteiger partial charge in [-0.2, -0.15) is 0 Å². The summed E-state index contributed by atoms with van der Waals surface area (Å²) < 4.78 is 7.68. The van der Waals surface area contributed by atoms with Gasteiger partial charge in [0, 0.05) is 27.2 Å². The molecule has 118 valence electrons. The topological polar surface area (TPSA) is 67.4 Å². The van der Waals surface area contributed by atoms with Gasteiger partial charge in [0.1, 0.15) is 17.3 Å². The third kappa shape index (κ3) is 2.52. The highest BCUT2D eigenvalue weighted by Crippen LogP contribution is 2.28. The fourth-order valence-corrected chi connectivity index (χ4v) is 2.85. The molecule has 3 heterocycles. The van der Waals surface area contributed by atoms with Crippen LogP contribution in [0.15, 0.2) is 16.5 Å². The maximum atomic E-state index is 12.6. The third-order valence-electron chi connectivity index (χ3n) is 4.01. The van der Waals surface area contributed by atoms with E-state index >= 15 is 0 Å². The summed E-state index contributed by atoms with van der Waals surface area (Å²) >= 11 is 0. The molecule has 7 heteroatoms. The van der Waals surface area contributed by atoms with Crippen LogP contribution in [0.2, 0.25) is 0 Å². The van der Waals surface area contributed by atoms with Gasteiger partial charge in [0.05, 0.1) is 6.54 Å². The molecule has 2 aromatic rings. The van der Waals surface area contributed by atoms with Gasteiger partial charge in [-0.1, -0.05) is 0 Å². The smallest absolute Gasteiger partial charge is 0.247 e. The van der Waals surface area contributed by atoms with Crippen molar-refractivity contribution in [3.63, 3.8) is 0 Å². The number of nitrogens with zero attached hydrogens (tertiary/aromatic N) is 5. The van der Waals surface area contributed by atoms with Gasteiger partial charge in [-0.05, 0) is 26.0 Å². The van der Waals surface area contributed by atoms with Crippen molar-refractivity contribution < 1.29 is 9.21 Å². The number of rotatable bonds is 3. The standard InChI is InChI=1S/C15H21N5O2/c1-10-5-6-12(22-10)9-19-7-8-20-11(2)16-17-14(20)13(19)15(21)18(3)4/h5-6,13H,7-9H2,1-4H3. The van der Waals surface area contributed by atoms with Crippen molar-refractivity contribution >= 4 is 5.91 Å². The Labute approximate surface area is 129 Å². The molecule has 0 N–H and O–H groups in total. The van der Waals surface area contributed by atoms with Gasteiger partial charge in [-0.25, -0.2) is 0 Å². The number of fused-ring (bicyclic) bond motifs is 1. The first-order valence-corrected chi connectivity index (χ1v) is 7.37. The van der Waals surface area contributed by atoms with Crippen LogP contribution in [0.5, 0.6) is 0 Å². The van der Waals surface area contributed by atoms with Crippen LogP contribution in [0.3, 0.4) is 0 Å². The van der Waals surface area contributed by atoms with Crippen LogP contribution in [0.4, 0.5) is 0 Å². The van der Waals surface area contributed by atoms with E-state index in [2.05, 4.69) is 15.1 Å². The number of carbonyl (C=O) groups excluding carboxylic acids is 1. The van der Waals surface area contributed by atoms with Gasteiger partial charge in [-0.3, -0.25) is 9.69 Å². The Morgan fingerprint density at radius 3 is 2.73 bits per heavy atom. The summed E-state index contributed by atoms with van der Waals surface area (Å²) in [5.41, 5.74) is 0. The molecule has 1 unspecified atom stereocenters. The van der Waals surface area contributed by atoms with Gasteiger partial charge in [-0.15, -0.1) is 10.2 Å². The van der Waals surface area contributed by atoms with E-state index in [1.54, 1.807) is 19.0 Å². The SMILES string of the molecule is Cc1ccc(CN2CCn3c(C)nnc3C2C(=O)N(C)C)o1. The van der Waals surface area contributed by atoms with Crippen molar-refractivity contribution in [1.82, 2.24) is 24.6 Å². The average molecular weight is 303 g/mol. The maximum Gasteiger partial charge on any atom is 0.247 e. The lowest BCUT2D eigenvalue weighted by molar-refractivity contribution is -0.136. The molecule has 1 atom stereocenters. The summed E-state index contributed by atoms with van der Waals surface area (Å²) in [6.07, 6.45) is 0. The number of hydrogen-bond donors (Lipinski definition) is 0. The van der Waals surface area contributed by atoms with Crippen molar-refractivity contribution in [2.75, 3.05) is 20.6 Å². The monoisotopic (exact) mass is 303 g/mol. The minimum atomic E-state index is -0.421. The maximum absolute atomic E-state index is 12.6. The Kier molecular flexibility index (Phi) is 3.74. The zero-order valence-electron chi connectivity index (χ0n) is 13.4. The van der Waals surface area contributed by atoms with Crippen LogP contribution in [0, 0.1) is 13.8 Å². The molecular weight excluding hydrogens is 282 g/mol. The van der Waals surface area contributed by atoms with Crippen LogP contribution in [0.25, 0.3) is 0 Å². The molecule has 0 bridgehead atoms. The molecule has 22 heavy (non-hydrogen) atoms. The van der Waals surface area contributed by atoms with Gasteiger partial charge in [0.2, 0.25) is 5.91 Å². The molecule has 0 radical (unpaired) electrons. The van der Waals surface area contributed by atoms with E-state index in [-0.39, 0.29) is 5.91 Å². The third-order valence-corrected chi connectivity index (χ3v) is 4.01. The minimum Gasteiger partial charge on any atom is -0.465 e. The lowest BCUT2D eigenvalue weighted by atomic mass is 10.1. The quantitative estimate of drug-likeness (QED) is 0.850. The Bertz CT molecular complexity index is 688. The number of hydrogen-bond acceptors (Lipinski definition) is 5. The number of furan rings is 1. The Balaban J connectivity index is 1.93. The number of amides is 1. The lowest BCUT2D eigenvalue weighted by Gasteiger charge is -2.35. The zero-order valence-corrected chi connectivity index (χ0v) is 13.4. The molecule has 0 saturated carbocycles. The van der Waals surface area contributed by atoms with E-state index in [1.807, 2.05) is 30.5 Å². The average Bonchev–Trinajstić information content (AvgIpc) is 3.04. The highest BCUT2D eigenvalue weighted by Gasteiger charge is 2.37. The molecule has 1 aliphatic heterocycles. The van der Waals surface area contributed by atoms with Crippen molar-refractivity contribution in [3.05, 3.63) is 35.3 Å². The summed E-state index contributed by atoms with van der Waals surface area (Å²) in [4.78, 5) is 16.4. The van der Waals surface area contributed by atoms with Gasteiger partial charge in [0.15, 0.2) is 11.9 Å². The second kappa shape index (κ2) is 5.57. The van der Waals surface area contributed by atoms with Crippen LogP contribution in [0.1, 0.15) is 29.2 Å². The van der Waals surface area contributed by atoms with Crippen molar-refractivity contribution in [2.45, 2.75) is 33.0 Å². The van der Waals surface area contributed by atoms with E-state index < -0.39 is 6.04 Å². The van der Waals surface area contributed by atoms with E-state index in [9.17, 15) is 4.79 Å². The molecule has 7 nitrogen and oxygen atoms in total. The molecular formula is C15H21N5O2. The minimum absolute atomic E-state index is 0.0108. The van der Waals surface area contributed by atoms with Crippen molar-refractivity contribution in [3.8, 4) is 0 Å². The first-order chi connectivity index (χ1) is 10.5. The Morgan fingerprint density at radius 1 is 1.32 bits per heavy atom. The Hall–Kier alpha value is -2.15. The number of aryl methyl sites for hydroxylation is 2. The first-order valence-electron chi connectivity index (χ1n) is 7.37. The molecule has 1 amide bonds. The lowest BCUT2D eigenvalue weighted by Crippen LogP contribution is -2.45. The Morgan fingerprint density at radius 2 is 2.09 bits per heavy atom. The molecule has 0 aliphatic carbocycles. The van der Waals surface area contributed by atoms with E-state index in [1.165, 1.54) is 0 Å². The second-order valence-corrected chi connectivity index (χ2v) is 5.88. The summed E-state index contributed by atoms with van der Waals surface area (Å²) in [6, 6.07) is 3.47. The zero-order chi connectivity index (χ0) is 15.9. The molecule has 0 spiro atoms. The predicted molar refractivity (Wildman–Crippen MR) is 80.0 cm³/mol. The first kappa shape index (κ1) is 14.8.